The Hall–Kier alpha value is -3.01. The zero-order chi connectivity index (χ0) is 34.7. The van der Waals surface area contributed by atoms with Crippen LogP contribution in [0, 0.1) is 5.92 Å². The molecule has 17 nitrogen and oxygen atoms in total. The highest BCUT2D eigenvalue weighted by atomic mass is 31.2. The lowest BCUT2D eigenvalue weighted by Crippen LogP contribution is -2.46. The van der Waals surface area contributed by atoms with E-state index in [0.29, 0.717) is 0 Å². The zero-order valence-corrected chi connectivity index (χ0v) is 26.1. The Bertz CT molecular complexity index is 1650. The van der Waals surface area contributed by atoms with Gasteiger partial charge in [0.25, 0.3) is 18.9 Å². The summed E-state index contributed by atoms with van der Waals surface area (Å²) >= 11 is 0. The highest BCUT2D eigenvalue weighted by Crippen LogP contribution is 2.45. The number of nitrogens with one attached hydrogen (secondary N) is 2. The van der Waals surface area contributed by atoms with Gasteiger partial charge in [0, 0.05) is 58.3 Å². The normalized spacial score (nSPS) is 29.4. The molecule has 0 saturated carbocycles. The number of nitrogens with zero attached hydrogens (tertiary/aromatic N) is 3. The van der Waals surface area contributed by atoms with Crippen LogP contribution in [0.1, 0.15) is 18.9 Å². The number of hydrogen-bond donors (Lipinski definition) is 2. The van der Waals surface area contributed by atoms with Crippen LogP contribution in [0.3, 0.4) is 0 Å². The highest BCUT2D eigenvalue weighted by Gasteiger charge is 2.50. The second-order valence-electron chi connectivity index (χ2n) is 10.8. The Kier molecular flexibility index (Phi) is 11.8. The summed E-state index contributed by atoms with van der Waals surface area (Å²) < 4.78 is 103. The van der Waals surface area contributed by atoms with Gasteiger partial charge < -0.3 is 32.9 Å². The summed E-state index contributed by atoms with van der Waals surface area (Å²) in [6.07, 6.45) is -13.5. The summed E-state index contributed by atoms with van der Waals surface area (Å²) in [5.74, 6) is -1.10. The van der Waals surface area contributed by atoms with E-state index in [2.05, 4.69) is 4.52 Å². The Morgan fingerprint density at radius 1 is 0.957 bits per heavy atom. The van der Waals surface area contributed by atoms with Crippen molar-refractivity contribution in [2.24, 2.45) is 5.92 Å². The average molecular weight is 703 g/mol. The van der Waals surface area contributed by atoms with Gasteiger partial charge in [-0.3, -0.25) is 38.2 Å². The van der Waals surface area contributed by atoms with Gasteiger partial charge in [0.1, 0.15) is 18.3 Å². The van der Waals surface area contributed by atoms with Crippen molar-refractivity contribution in [1.29, 1.82) is 0 Å². The molecular formula is C25H33F4N5O12P-. The number of ether oxygens (including phenoxy) is 4. The molecule has 0 radical (unpaired) electrons. The fourth-order valence-corrected chi connectivity index (χ4v) is 6.28. The van der Waals surface area contributed by atoms with E-state index in [1.807, 2.05) is 9.97 Å². The van der Waals surface area contributed by atoms with E-state index in [0.717, 1.165) is 52.8 Å². The van der Waals surface area contributed by atoms with Gasteiger partial charge >= 0.3 is 17.6 Å². The molecule has 2 saturated heterocycles. The molecule has 22 heteroatoms. The van der Waals surface area contributed by atoms with Crippen LogP contribution >= 0.6 is 7.82 Å². The van der Waals surface area contributed by atoms with Crippen LogP contribution in [-0.2, 0) is 32.6 Å². The van der Waals surface area contributed by atoms with Crippen LogP contribution < -0.4 is 27.4 Å². The number of methoxy groups -OCH3 is 2. The summed E-state index contributed by atoms with van der Waals surface area (Å²) in [5.41, 5.74) is -3.43. The number of phosphoric acid groups is 1. The number of alkyl halides is 4. The Balaban J connectivity index is 1.61. The van der Waals surface area contributed by atoms with Crippen LogP contribution in [-0.4, -0.2) is 108 Å². The molecular weight excluding hydrogens is 669 g/mol. The van der Waals surface area contributed by atoms with Gasteiger partial charge in [0.05, 0.1) is 19.3 Å². The topological polar surface area (TPSA) is 208 Å². The number of H-pyrrole nitrogens is 2. The molecule has 0 aliphatic carbocycles. The van der Waals surface area contributed by atoms with Crippen LogP contribution in [0.2, 0.25) is 0 Å². The quantitative estimate of drug-likeness (QED) is 0.184. The molecule has 0 spiro atoms. The SMILES string of the molecule is COC[C@H]1O[C@@H](n2ccc(=O)[nH]c2=O)[C@H](F)[C@@H]1CCN(C[C@H]1O[C@@H](n2ccc(=O)[nH]c2=O)[C@H](OC)[C@@H]1OP(=O)([O-])OC)CC(F)(F)F. The molecule has 1 unspecified atom stereocenters. The van der Waals surface area contributed by atoms with Gasteiger partial charge in [-0.05, 0) is 13.0 Å². The Morgan fingerprint density at radius 2 is 1.53 bits per heavy atom. The van der Waals surface area contributed by atoms with Crippen molar-refractivity contribution in [3.63, 3.8) is 0 Å². The maximum atomic E-state index is 15.8. The first-order valence-electron chi connectivity index (χ1n) is 14.0. The van der Waals surface area contributed by atoms with Crippen LogP contribution in [0.15, 0.2) is 43.7 Å². The predicted molar refractivity (Wildman–Crippen MR) is 148 cm³/mol. The molecule has 4 heterocycles. The molecule has 2 aliphatic heterocycles. The van der Waals surface area contributed by atoms with Crippen molar-refractivity contribution in [2.75, 3.05) is 47.6 Å². The first kappa shape index (κ1) is 36.8. The molecule has 0 bridgehead atoms. The van der Waals surface area contributed by atoms with E-state index < -0.39 is 105 Å². The summed E-state index contributed by atoms with van der Waals surface area (Å²) in [5, 5.41) is 0. The van der Waals surface area contributed by atoms with Crippen LogP contribution in [0.5, 0.6) is 0 Å². The fourth-order valence-electron chi connectivity index (χ4n) is 5.64. The number of phosphoric ester groups is 1. The van der Waals surface area contributed by atoms with Crippen LogP contribution in [0.4, 0.5) is 17.6 Å². The van der Waals surface area contributed by atoms with Gasteiger partial charge in [-0.25, -0.2) is 14.0 Å². The highest BCUT2D eigenvalue weighted by molar-refractivity contribution is 7.45. The number of hydrogen-bond acceptors (Lipinski definition) is 13. The number of rotatable bonds is 14. The molecule has 2 N–H and O–H groups in total. The van der Waals surface area contributed by atoms with E-state index in [1.165, 1.54) is 7.11 Å². The van der Waals surface area contributed by atoms with E-state index in [1.54, 1.807) is 0 Å². The van der Waals surface area contributed by atoms with Crippen molar-refractivity contribution in [3.8, 4) is 0 Å². The number of aromatic amines is 2. The molecule has 0 amide bonds. The minimum atomic E-state index is -5.06. The molecule has 4 rings (SSSR count). The largest absolute Gasteiger partial charge is 0.756 e. The third-order valence-corrected chi connectivity index (χ3v) is 8.66. The second kappa shape index (κ2) is 15.0. The Morgan fingerprint density at radius 3 is 2.04 bits per heavy atom. The maximum absolute atomic E-state index is 15.8. The summed E-state index contributed by atoms with van der Waals surface area (Å²) in [6.45, 7) is -2.84. The number of halogens is 4. The molecule has 264 valence electrons. The predicted octanol–water partition coefficient (Wildman–Crippen LogP) is -0.748. The van der Waals surface area contributed by atoms with Crippen molar-refractivity contribution >= 4 is 7.82 Å². The summed E-state index contributed by atoms with van der Waals surface area (Å²) in [7, 11) is -1.85. The fraction of sp³-hybridized carbons (Fsp3) is 0.680. The van der Waals surface area contributed by atoms with Crippen LogP contribution in [0.25, 0.3) is 0 Å². The van der Waals surface area contributed by atoms with E-state index in [4.69, 9.17) is 23.5 Å². The minimum absolute atomic E-state index is 0.179. The molecule has 2 fully saturated rings. The Labute approximate surface area is 262 Å². The van der Waals surface area contributed by atoms with Crippen molar-refractivity contribution in [3.05, 3.63) is 66.2 Å². The molecule has 2 aromatic heterocycles. The van der Waals surface area contributed by atoms with Gasteiger partial charge in [-0.2, -0.15) is 13.2 Å². The van der Waals surface area contributed by atoms with Gasteiger partial charge in [-0.1, -0.05) is 0 Å². The molecule has 2 aliphatic rings. The van der Waals surface area contributed by atoms with E-state index >= 15 is 4.39 Å². The molecule has 2 aromatic rings. The lowest BCUT2D eigenvalue weighted by atomic mass is 9.95. The van der Waals surface area contributed by atoms with Crippen molar-refractivity contribution < 1.29 is 55.0 Å². The maximum Gasteiger partial charge on any atom is 0.401 e. The summed E-state index contributed by atoms with van der Waals surface area (Å²) in [6, 6.07) is 1.94. The van der Waals surface area contributed by atoms with Crippen molar-refractivity contribution in [2.45, 2.75) is 55.6 Å². The first-order valence-corrected chi connectivity index (χ1v) is 15.5. The van der Waals surface area contributed by atoms with E-state index in [-0.39, 0.29) is 13.0 Å². The van der Waals surface area contributed by atoms with Gasteiger partial charge in [0.2, 0.25) is 0 Å². The third kappa shape index (κ3) is 8.92. The smallest absolute Gasteiger partial charge is 0.401 e. The minimum Gasteiger partial charge on any atom is -0.756 e. The first-order chi connectivity index (χ1) is 22.1. The van der Waals surface area contributed by atoms with Gasteiger partial charge in [0.15, 0.2) is 18.6 Å². The average Bonchev–Trinajstić information content (AvgIpc) is 3.46. The lowest BCUT2D eigenvalue weighted by Gasteiger charge is -2.33. The molecule has 47 heavy (non-hydrogen) atoms. The lowest BCUT2D eigenvalue weighted by molar-refractivity contribution is -0.231. The zero-order valence-electron chi connectivity index (χ0n) is 25.2. The monoisotopic (exact) mass is 702 g/mol. The van der Waals surface area contributed by atoms with Crippen molar-refractivity contribution in [1.82, 2.24) is 24.0 Å². The second-order valence-corrected chi connectivity index (χ2v) is 12.2. The summed E-state index contributed by atoms with van der Waals surface area (Å²) in [4.78, 5) is 65.0. The van der Waals surface area contributed by atoms with E-state index in [9.17, 15) is 41.8 Å². The number of aromatic nitrogens is 4. The van der Waals surface area contributed by atoms with Gasteiger partial charge in [-0.15, -0.1) is 0 Å². The molecule has 9 atom stereocenters. The third-order valence-electron chi connectivity index (χ3n) is 7.71. The molecule has 0 aromatic carbocycles. The standard InChI is InChI=1S/C25H34F4N5O12P/c1-41-11-15-13(18(26)21(45-15)33-8-5-16(35)30-23(33)37)4-7-32(12-25(27,28)29)10-14-19(46-47(39,40)43-3)20(42-2)22(44-14)34-9-6-17(36)31-24(34)38/h5-6,8-9,13-15,18-22H,4,7,10-12H2,1-3H3,(H,39,40)(H,30,35,37)(H,31,36,38)/p-1/t13-,14-,15-,18-,19-,20-,21-,22-/m1/s1.